The minimum atomic E-state index is -0.403. The van der Waals surface area contributed by atoms with Gasteiger partial charge in [-0.15, -0.1) is 0 Å². The van der Waals surface area contributed by atoms with Crippen molar-refractivity contribution < 1.29 is 14.3 Å². The Balaban J connectivity index is 1.53. The molecule has 2 heterocycles. The maximum atomic E-state index is 12.7. The van der Waals surface area contributed by atoms with Crippen molar-refractivity contribution >= 4 is 45.2 Å². The lowest BCUT2D eigenvalue weighted by molar-refractivity contribution is -0.117. The van der Waals surface area contributed by atoms with Gasteiger partial charge in [0.15, 0.2) is 0 Å². The smallest absolute Gasteiger partial charge is 0.282 e. The standard InChI is InChI=1S/C20H18BrN3O3/c21-15-3-7-17(8-4-15)24-20(26)18(19(25)22-24)13-14-1-5-16(6-2-14)23-9-11-27-12-10-23/h1-8,13H,9-12H2,(H,22,25). The van der Waals surface area contributed by atoms with E-state index in [1.165, 1.54) is 5.01 Å². The number of carbonyl (C=O) groups is 2. The number of rotatable bonds is 3. The first kappa shape index (κ1) is 17.8. The van der Waals surface area contributed by atoms with Gasteiger partial charge in [-0.1, -0.05) is 28.1 Å². The molecule has 0 bridgehead atoms. The van der Waals surface area contributed by atoms with Crippen LogP contribution in [0.25, 0.3) is 6.08 Å². The molecule has 4 rings (SSSR count). The molecule has 2 aromatic rings. The van der Waals surface area contributed by atoms with Crippen LogP contribution in [0.1, 0.15) is 5.56 Å². The number of hydrazine groups is 1. The van der Waals surface area contributed by atoms with Crippen LogP contribution >= 0.6 is 15.9 Å². The fourth-order valence-corrected chi connectivity index (χ4v) is 3.36. The zero-order chi connectivity index (χ0) is 18.8. The van der Waals surface area contributed by atoms with Crippen molar-refractivity contribution in [3.63, 3.8) is 0 Å². The van der Waals surface area contributed by atoms with Crippen LogP contribution < -0.4 is 15.3 Å². The van der Waals surface area contributed by atoms with Gasteiger partial charge in [0.25, 0.3) is 11.8 Å². The topological polar surface area (TPSA) is 61.9 Å². The van der Waals surface area contributed by atoms with E-state index >= 15 is 0 Å². The van der Waals surface area contributed by atoms with Crippen molar-refractivity contribution in [2.45, 2.75) is 0 Å². The molecule has 0 aliphatic carbocycles. The van der Waals surface area contributed by atoms with Crippen LogP contribution in [0.4, 0.5) is 11.4 Å². The number of carbonyl (C=O) groups excluding carboxylic acids is 2. The van der Waals surface area contributed by atoms with E-state index in [0.29, 0.717) is 5.69 Å². The van der Waals surface area contributed by atoms with Gasteiger partial charge in [0.05, 0.1) is 18.9 Å². The Bertz CT molecular complexity index is 888. The van der Waals surface area contributed by atoms with Crippen LogP contribution in [0.5, 0.6) is 0 Å². The highest BCUT2D eigenvalue weighted by atomic mass is 79.9. The number of hydrogen-bond acceptors (Lipinski definition) is 4. The molecule has 0 spiro atoms. The third kappa shape index (κ3) is 3.74. The fourth-order valence-electron chi connectivity index (χ4n) is 3.10. The molecule has 2 fully saturated rings. The number of nitrogens with one attached hydrogen (secondary N) is 1. The maximum absolute atomic E-state index is 12.7. The van der Waals surface area contributed by atoms with Gasteiger partial charge in [0.2, 0.25) is 0 Å². The lowest BCUT2D eigenvalue weighted by Gasteiger charge is -2.28. The molecule has 2 saturated heterocycles. The predicted octanol–water partition coefficient (Wildman–Crippen LogP) is 2.75. The van der Waals surface area contributed by atoms with E-state index in [1.807, 2.05) is 36.4 Å². The van der Waals surface area contributed by atoms with Crippen molar-refractivity contribution in [1.29, 1.82) is 0 Å². The van der Waals surface area contributed by atoms with Gasteiger partial charge in [0, 0.05) is 23.2 Å². The maximum Gasteiger partial charge on any atom is 0.282 e. The van der Waals surface area contributed by atoms with Gasteiger partial charge in [-0.05, 0) is 48.0 Å². The van der Waals surface area contributed by atoms with Crippen molar-refractivity contribution in [3.05, 3.63) is 64.1 Å². The van der Waals surface area contributed by atoms with Gasteiger partial charge in [-0.3, -0.25) is 15.0 Å². The molecule has 2 aliphatic heterocycles. The first-order valence-corrected chi connectivity index (χ1v) is 9.46. The van der Waals surface area contributed by atoms with E-state index in [2.05, 4.69) is 26.3 Å². The largest absolute Gasteiger partial charge is 0.378 e. The first-order valence-electron chi connectivity index (χ1n) is 8.67. The summed E-state index contributed by atoms with van der Waals surface area (Å²) in [5.41, 5.74) is 5.27. The molecule has 138 valence electrons. The number of ether oxygens (including phenoxy) is 1. The normalized spacial score (nSPS) is 18.9. The highest BCUT2D eigenvalue weighted by Gasteiger charge is 2.34. The Hall–Kier alpha value is -2.64. The number of benzene rings is 2. The number of nitrogens with zero attached hydrogens (tertiary/aromatic N) is 2. The van der Waals surface area contributed by atoms with Crippen LogP contribution in [0.15, 0.2) is 58.6 Å². The molecule has 2 aliphatic rings. The summed E-state index contributed by atoms with van der Waals surface area (Å²) in [6, 6.07) is 15.0. The van der Waals surface area contributed by atoms with E-state index in [-0.39, 0.29) is 11.5 Å². The SMILES string of the molecule is O=C1NN(c2ccc(Br)cc2)C(=O)C1=Cc1ccc(N2CCOCC2)cc1. The average molecular weight is 428 g/mol. The predicted molar refractivity (Wildman–Crippen MR) is 107 cm³/mol. The van der Waals surface area contributed by atoms with Crippen LogP contribution in [-0.4, -0.2) is 38.1 Å². The van der Waals surface area contributed by atoms with E-state index < -0.39 is 5.91 Å². The van der Waals surface area contributed by atoms with E-state index in [0.717, 1.165) is 42.0 Å². The molecule has 0 unspecified atom stereocenters. The summed E-state index contributed by atoms with van der Waals surface area (Å²) in [4.78, 5) is 27.2. The van der Waals surface area contributed by atoms with Gasteiger partial charge in [0.1, 0.15) is 5.57 Å². The average Bonchev–Trinajstić information content (AvgIpc) is 2.98. The second-order valence-electron chi connectivity index (χ2n) is 6.31. The molecular formula is C20H18BrN3O3. The highest BCUT2D eigenvalue weighted by molar-refractivity contribution is 9.10. The summed E-state index contributed by atoms with van der Waals surface area (Å²) in [5.74, 6) is -0.764. The molecule has 0 atom stereocenters. The van der Waals surface area contributed by atoms with Crippen LogP contribution in [0.2, 0.25) is 0 Å². The minimum Gasteiger partial charge on any atom is -0.378 e. The van der Waals surface area contributed by atoms with Gasteiger partial charge >= 0.3 is 0 Å². The summed E-state index contributed by atoms with van der Waals surface area (Å²) in [5, 5.41) is 1.27. The van der Waals surface area contributed by atoms with E-state index in [9.17, 15) is 9.59 Å². The fraction of sp³-hybridized carbons (Fsp3) is 0.200. The number of anilines is 2. The van der Waals surface area contributed by atoms with Crippen LogP contribution in [-0.2, 0) is 14.3 Å². The third-order valence-electron chi connectivity index (χ3n) is 4.56. The summed E-state index contributed by atoms with van der Waals surface area (Å²) >= 11 is 3.36. The zero-order valence-corrected chi connectivity index (χ0v) is 16.1. The minimum absolute atomic E-state index is 0.122. The highest BCUT2D eigenvalue weighted by Crippen LogP contribution is 2.24. The van der Waals surface area contributed by atoms with Crippen molar-refractivity contribution in [1.82, 2.24) is 5.43 Å². The lowest BCUT2D eigenvalue weighted by atomic mass is 10.1. The second kappa shape index (κ2) is 7.54. The molecule has 2 aromatic carbocycles. The third-order valence-corrected chi connectivity index (χ3v) is 5.09. The summed E-state index contributed by atoms with van der Waals surface area (Å²) in [7, 11) is 0. The van der Waals surface area contributed by atoms with E-state index in [4.69, 9.17) is 4.74 Å². The Kier molecular flexibility index (Phi) is 4.96. The van der Waals surface area contributed by atoms with Crippen LogP contribution in [0.3, 0.4) is 0 Å². The molecule has 27 heavy (non-hydrogen) atoms. The van der Waals surface area contributed by atoms with Gasteiger partial charge in [-0.2, -0.15) is 0 Å². The summed E-state index contributed by atoms with van der Waals surface area (Å²) in [6.45, 7) is 3.19. The molecule has 0 aromatic heterocycles. The number of amides is 2. The summed E-state index contributed by atoms with van der Waals surface area (Å²) in [6.07, 6.45) is 1.62. The number of halogens is 1. The Labute approximate surface area is 165 Å². The van der Waals surface area contributed by atoms with Gasteiger partial charge in [-0.25, -0.2) is 5.01 Å². The molecular weight excluding hydrogens is 410 g/mol. The molecule has 0 saturated carbocycles. The monoisotopic (exact) mass is 427 g/mol. The van der Waals surface area contributed by atoms with Crippen LogP contribution in [0, 0.1) is 0 Å². The summed E-state index contributed by atoms with van der Waals surface area (Å²) < 4.78 is 6.27. The second-order valence-corrected chi connectivity index (χ2v) is 7.22. The van der Waals surface area contributed by atoms with Crippen molar-refractivity contribution in [2.24, 2.45) is 0 Å². The quantitative estimate of drug-likeness (QED) is 0.604. The first-order chi connectivity index (χ1) is 13.1. The Morgan fingerprint density at radius 2 is 1.56 bits per heavy atom. The molecule has 6 nitrogen and oxygen atoms in total. The molecule has 2 amide bonds. The Morgan fingerprint density at radius 3 is 2.22 bits per heavy atom. The van der Waals surface area contributed by atoms with E-state index in [1.54, 1.807) is 18.2 Å². The number of morpholine rings is 1. The number of hydrogen-bond donors (Lipinski definition) is 1. The van der Waals surface area contributed by atoms with Crippen molar-refractivity contribution in [3.8, 4) is 0 Å². The molecule has 7 heteroatoms. The Morgan fingerprint density at radius 1 is 0.926 bits per heavy atom. The van der Waals surface area contributed by atoms with Gasteiger partial charge < -0.3 is 9.64 Å². The van der Waals surface area contributed by atoms with Crippen molar-refractivity contribution in [2.75, 3.05) is 36.2 Å². The molecule has 1 N–H and O–H groups in total. The lowest BCUT2D eigenvalue weighted by Crippen LogP contribution is -2.36. The zero-order valence-electron chi connectivity index (χ0n) is 14.5. The molecule has 0 radical (unpaired) electrons.